The first-order chi connectivity index (χ1) is 17.5. The van der Waals surface area contributed by atoms with Crippen LogP contribution in [0.4, 0.5) is 13.2 Å². The molecule has 5 nitrogen and oxygen atoms in total. The Balaban J connectivity index is 1.73. The summed E-state index contributed by atoms with van der Waals surface area (Å²) >= 11 is 0. The van der Waals surface area contributed by atoms with Crippen LogP contribution < -0.4 is 0 Å². The van der Waals surface area contributed by atoms with Crippen LogP contribution in [0.1, 0.15) is 51.8 Å². The lowest BCUT2D eigenvalue weighted by molar-refractivity contribution is -0.179. The summed E-state index contributed by atoms with van der Waals surface area (Å²) in [5, 5.41) is 22.1. The first-order valence-corrected chi connectivity index (χ1v) is 12.3. The fourth-order valence-corrected chi connectivity index (χ4v) is 4.79. The maximum atomic E-state index is 14.0. The van der Waals surface area contributed by atoms with Crippen molar-refractivity contribution in [2.45, 2.75) is 44.5 Å². The van der Waals surface area contributed by atoms with Gasteiger partial charge in [0.05, 0.1) is 23.6 Å². The highest BCUT2D eigenvalue weighted by Gasteiger charge is 2.35. The minimum absolute atomic E-state index is 0.302. The van der Waals surface area contributed by atoms with Gasteiger partial charge >= 0.3 is 6.18 Å². The molecule has 1 aliphatic rings. The Labute approximate surface area is 214 Å². The zero-order valence-electron chi connectivity index (χ0n) is 20.8. The lowest BCUT2D eigenvalue weighted by Gasteiger charge is -2.32. The molecule has 3 atom stereocenters. The molecule has 1 heterocycles. The molecule has 196 valence electrons. The summed E-state index contributed by atoms with van der Waals surface area (Å²) in [5.41, 5.74) is 2.78. The van der Waals surface area contributed by atoms with Gasteiger partial charge in [0.25, 0.3) is 5.91 Å². The van der Waals surface area contributed by atoms with Gasteiger partial charge in [0.1, 0.15) is 0 Å². The van der Waals surface area contributed by atoms with E-state index in [-0.39, 0.29) is 0 Å². The molecular weight excluding hydrogens is 481 g/mol. The van der Waals surface area contributed by atoms with Crippen LogP contribution in [0, 0.1) is 13.8 Å². The minimum atomic E-state index is -4.50. The fraction of sp³-hybridized carbons (Fsp3) is 0.345. The second-order valence-corrected chi connectivity index (χ2v) is 9.71. The van der Waals surface area contributed by atoms with Gasteiger partial charge in [0, 0.05) is 19.6 Å². The number of nitrogens with zero attached hydrogens (tertiary/aromatic N) is 2. The van der Waals surface area contributed by atoms with Gasteiger partial charge < -0.3 is 5.11 Å². The molecule has 0 radical (unpaired) electrons. The molecule has 37 heavy (non-hydrogen) atoms. The van der Waals surface area contributed by atoms with Crippen molar-refractivity contribution in [1.29, 1.82) is 0 Å². The molecule has 3 aromatic carbocycles. The molecule has 1 unspecified atom stereocenters. The van der Waals surface area contributed by atoms with Crippen molar-refractivity contribution in [3.8, 4) is 0 Å². The quantitative estimate of drug-likeness (QED) is 0.325. The summed E-state index contributed by atoms with van der Waals surface area (Å²) in [6, 6.07) is 18.3. The van der Waals surface area contributed by atoms with Gasteiger partial charge in [-0.3, -0.25) is 14.9 Å². The minimum Gasteiger partial charge on any atom is -0.392 e. The Bertz CT molecular complexity index is 1220. The van der Waals surface area contributed by atoms with E-state index in [4.69, 9.17) is 0 Å². The van der Waals surface area contributed by atoms with Gasteiger partial charge in [-0.2, -0.15) is 13.2 Å². The number of likely N-dealkylation sites (tertiary alicyclic amines) is 1. The lowest BCUT2D eigenvalue weighted by atomic mass is 9.87. The number of hydroxylamine groups is 2. The van der Waals surface area contributed by atoms with Crippen molar-refractivity contribution < 1.29 is 28.3 Å². The van der Waals surface area contributed by atoms with E-state index >= 15 is 0 Å². The highest BCUT2D eigenvalue weighted by atomic mass is 19.4. The number of benzene rings is 3. The number of aliphatic hydroxyl groups excluding tert-OH is 1. The van der Waals surface area contributed by atoms with Crippen LogP contribution in [0.5, 0.6) is 0 Å². The highest BCUT2D eigenvalue weighted by molar-refractivity contribution is 5.87. The zero-order valence-corrected chi connectivity index (χ0v) is 20.8. The molecule has 1 amide bonds. The maximum Gasteiger partial charge on any atom is 0.416 e. The molecule has 1 aliphatic heterocycles. The van der Waals surface area contributed by atoms with Crippen LogP contribution in [0.15, 0.2) is 72.8 Å². The van der Waals surface area contributed by atoms with E-state index in [0.29, 0.717) is 47.8 Å². The smallest absolute Gasteiger partial charge is 0.392 e. The highest BCUT2D eigenvalue weighted by Crippen LogP contribution is 2.35. The maximum absolute atomic E-state index is 14.0. The Morgan fingerprint density at radius 3 is 2.19 bits per heavy atom. The molecule has 1 fully saturated rings. The van der Waals surface area contributed by atoms with Crippen LogP contribution in [0.25, 0.3) is 0 Å². The molecule has 0 spiro atoms. The number of aliphatic hydroxyl groups is 1. The Morgan fingerprint density at radius 1 is 0.973 bits per heavy atom. The normalized spacial score (nSPS) is 18.0. The Morgan fingerprint density at radius 2 is 1.62 bits per heavy atom. The van der Waals surface area contributed by atoms with Crippen molar-refractivity contribution in [3.05, 3.63) is 106 Å². The summed E-state index contributed by atoms with van der Waals surface area (Å²) in [5.74, 6) is -1.65. The van der Waals surface area contributed by atoms with Gasteiger partial charge in [-0.05, 0) is 60.2 Å². The number of hydrogen-bond acceptors (Lipinski definition) is 4. The van der Waals surface area contributed by atoms with Crippen molar-refractivity contribution in [1.82, 2.24) is 9.96 Å². The van der Waals surface area contributed by atoms with Crippen LogP contribution in [-0.4, -0.2) is 51.9 Å². The Kier molecular flexibility index (Phi) is 8.02. The van der Waals surface area contributed by atoms with E-state index in [1.807, 2.05) is 61.2 Å². The number of aryl methyl sites for hydroxylation is 2. The van der Waals surface area contributed by atoms with E-state index in [9.17, 15) is 28.3 Å². The molecule has 0 aromatic heterocycles. The standard InChI is InChI=1S/C29H31F3N2O3/c1-19-8-9-23(16-20(19)2)27(22-10-12-24(13-11-22)29(30,31)32)28(36)34(37)26(21-6-4-3-5-7-21)18-33-15-14-25(35)17-33/h3-13,16,25-27,35,37H,14-15,17-18H2,1-2H3/t25-,26+,27?/m0/s1. The molecule has 8 heteroatoms. The molecule has 2 N–H and O–H groups in total. The third-order valence-corrected chi connectivity index (χ3v) is 7.07. The summed E-state index contributed by atoms with van der Waals surface area (Å²) in [6.07, 6.45) is -4.35. The first kappa shape index (κ1) is 26.9. The zero-order chi connectivity index (χ0) is 26.7. The second-order valence-electron chi connectivity index (χ2n) is 9.71. The van der Waals surface area contributed by atoms with Crippen LogP contribution >= 0.6 is 0 Å². The van der Waals surface area contributed by atoms with E-state index in [2.05, 4.69) is 0 Å². The number of halogens is 3. The molecule has 0 bridgehead atoms. The topological polar surface area (TPSA) is 64.0 Å². The number of carbonyl (C=O) groups is 1. The number of amides is 1. The van der Waals surface area contributed by atoms with Crippen molar-refractivity contribution in [2.75, 3.05) is 19.6 Å². The number of rotatable bonds is 7. The van der Waals surface area contributed by atoms with Gasteiger partial charge in [0.2, 0.25) is 0 Å². The lowest BCUT2D eigenvalue weighted by Crippen LogP contribution is -2.41. The predicted octanol–water partition coefficient (Wildman–Crippen LogP) is 5.48. The van der Waals surface area contributed by atoms with Gasteiger partial charge in [-0.15, -0.1) is 0 Å². The average Bonchev–Trinajstić information content (AvgIpc) is 3.29. The first-order valence-electron chi connectivity index (χ1n) is 12.3. The second kappa shape index (κ2) is 11.0. The largest absolute Gasteiger partial charge is 0.416 e. The fourth-order valence-electron chi connectivity index (χ4n) is 4.79. The monoisotopic (exact) mass is 512 g/mol. The average molecular weight is 513 g/mol. The van der Waals surface area contributed by atoms with Crippen molar-refractivity contribution in [3.63, 3.8) is 0 Å². The summed E-state index contributed by atoms with van der Waals surface area (Å²) in [4.78, 5) is 15.9. The number of β-amino-alcohol motifs (C(OH)–C–C–N with tert-alkyl or cyclic N) is 1. The summed E-state index contributed by atoms with van der Waals surface area (Å²) in [6.45, 7) is 5.20. The predicted molar refractivity (Wildman–Crippen MR) is 134 cm³/mol. The van der Waals surface area contributed by atoms with Gasteiger partial charge in [-0.1, -0.05) is 60.7 Å². The van der Waals surface area contributed by atoms with E-state index in [1.165, 1.54) is 12.1 Å². The SMILES string of the molecule is Cc1ccc(C(C(=O)N(O)[C@H](CN2CC[C@H](O)C2)c2ccccc2)c2ccc(C(F)(F)F)cc2)cc1C. The van der Waals surface area contributed by atoms with E-state index in [0.717, 1.165) is 23.3 Å². The van der Waals surface area contributed by atoms with E-state index in [1.54, 1.807) is 6.07 Å². The molecule has 1 saturated heterocycles. The molecule has 3 aromatic rings. The van der Waals surface area contributed by atoms with Gasteiger partial charge in [0.15, 0.2) is 0 Å². The van der Waals surface area contributed by atoms with Crippen molar-refractivity contribution >= 4 is 5.91 Å². The summed E-state index contributed by atoms with van der Waals surface area (Å²) < 4.78 is 39.6. The third-order valence-electron chi connectivity index (χ3n) is 7.07. The Hall–Kier alpha value is -3.20. The number of alkyl halides is 3. The third kappa shape index (κ3) is 6.21. The van der Waals surface area contributed by atoms with Gasteiger partial charge in [-0.25, -0.2) is 5.06 Å². The summed E-state index contributed by atoms with van der Waals surface area (Å²) in [7, 11) is 0. The van der Waals surface area contributed by atoms with E-state index < -0.39 is 35.7 Å². The van der Waals surface area contributed by atoms with Crippen LogP contribution in [0.3, 0.4) is 0 Å². The number of hydrogen-bond donors (Lipinski definition) is 2. The van der Waals surface area contributed by atoms with Crippen LogP contribution in [0.2, 0.25) is 0 Å². The molecular formula is C29H31F3N2O3. The molecule has 4 rings (SSSR count). The van der Waals surface area contributed by atoms with Crippen LogP contribution in [-0.2, 0) is 11.0 Å². The molecule has 0 saturated carbocycles. The number of carbonyl (C=O) groups excluding carboxylic acids is 1. The van der Waals surface area contributed by atoms with Crippen molar-refractivity contribution in [2.24, 2.45) is 0 Å². The molecule has 0 aliphatic carbocycles.